The van der Waals surface area contributed by atoms with E-state index in [-0.39, 0.29) is 6.61 Å². The van der Waals surface area contributed by atoms with Crippen molar-refractivity contribution in [3.63, 3.8) is 0 Å². The maximum absolute atomic E-state index is 9.11. The number of rotatable bonds is 6. The molecule has 2 rings (SSSR count). The number of nitrogens with zero attached hydrogens (tertiary/aromatic N) is 1. The van der Waals surface area contributed by atoms with Gasteiger partial charge in [-0.2, -0.15) is 0 Å². The zero-order valence-electron chi connectivity index (χ0n) is 10.8. The fourth-order valence-electron chi connectivity index (χ4n) is 1.87. The summed E-state index contributed by atoms with van der Waals surface area (Å²) in [4.78, 5) is 20.3. The molecule has 6 heteroatoms. The van der Waals surface area contributed by atoms with Crippen LogP contribution in [0.2, 0.25) is 0 Å². The molecule has 0 radical (unpaired) electrons. The molecule has 0 heterocycles. The van der Waals surface area contributed by atoms with E-state index in [1.54, 1.807) is 0 Å². The van der Waals surface area contributed by atoms with Crippen LogP contribution in [0, 0.1) is 0 Å². The maximum atomic E-state index is 9.11. The van der Waals surface area contributed by atoms with Gasteiger partial charge in [0.25, 0.3) is 0 Å². The zero-order valence-corrected chi connectivity index (χ0v) is 12.5. The second-order valence-electron chi connectivity index (χ2n) is 4.15. The third kappa shape index (κ3) is 4.71. The van der Waals surface area contributed by atoms with Crippen LogP contribution in [-0.4, -0.2) is 22.9 Å². The van der Waals surface area contributed by atoms with Crippen molar-refractivity contribution < 1.29 is 14.3 Å². The van der Waals surface area contributed by atoms with Gasteiger partial charge in [-0.05, 0) is 36.1 Å². The molecular formula is C14H16NO3PS. The fourth-order valence-corrected chi connectivity index (χ4v) is 2.42. The Morgan fingerprint density at radius 1 is 0.900 bits per heavy atom. The summed E-state index contributed by atoms with van der Waals surface area (Å²) in [5.74, 6) is 0. The molecule has 0 atom stereocenters. The fraction of sp³-hybridized carbons (Fsp3) is 0.143. The summed E-state index contributed by atoms with van der Waals surface area (Å²) in [5, 5.41) is 0. The lowest BCUT2D eigenvalue weighted by Gasteiger charge is -2.25. The van der Waals surface area contributed by atoms with Gasteiger partial charge in [0, 0.05) is 17.9 Å². The topological polar surface area (TPSA) is 52.9 Å². The van der Waals surface area contributed by atoms with Crippen molar-refractivity contribution >= 4 is 29.9 Å². The van der Waals surface area contributed by atoms with Gasteiger partial charge in [-0.25, -0.2) is 0 Å². The summed E-state index contributed by atoms with van der Waals surface area (Å²) >= 11 is 4.45. The van der Waals surface area contributed by atoms with E-state index in [2.05, 4.69) is 11.8 Å². The highest BCUT2D eigenvalue weighted by Gasteiger charge is 2.12. The minimum atomic E-state index is -3.60. The van der Waals surface area contributed by atoms with Crippen LogP contribution in [0.1, 0.15) is 0 Å². The third-order valence-corrected chi connectivity index (χ3v) is 3.55. The van der Waals surface area contributed by atoms with E-state index < -0.39 is 6.72 Å². The molecule has 2 aromatic rings. The Bertz CT molecular complexity index is 534. The average molecular weight is 309 g/mol. The Morgan fingerprint density at radius 2 is 1.35 bits per heavy atom. The summed E-state index contributed by atoms with van der Waals surface area (Å²) in [5.41, 5.74) is 2.01. The molecule has 0 unspecified atom stereocenters. The summed E-state index contributed by atoms with van der Waals surface area (Å²) in [6, 6.07) is 19.7. The van der Waals surface area contributed by atoms with Crippen molar-refractivity contribution in [1.29, 1.82) is 0 Å². The Labute approximate surface area is 123 Å². The van der Waals surface area contributed by atoms with Crippen molar-refractivity contribution in [2.24, 2.45) is 0 Å². The standard InChI is InChI=1S/C14H16NO3PS/c16-19(17,20)18-12-11-15(13-7-3-1-4-8-13)14-9-5-2-6-10-14/h1-10H,11-12H2,(H2,16,17,20). The highest BCUT2D eigenvalue weighted by molar-refractivity contribution is 8.06. The molecule has 0 aromatic heterocycles. The van der Waals surface area contributed by atoms with Crippen LogP contribution >= 0.6 is 6.72 Å². The predicted octanol–water partition coefficient (Wildman–Crippen LogP) is 3.05. The maximum Gasteiger partial charge on any atom is 0.321 e. The van der Waals surface area contributed by atoms with E-state index in [0.717, 1.165) is 11.4 Å². The summed E-state index contributed by atoms with van der Waals surface area (Å²) < 4.78 is 4.90. The number of benzene rings is 2. The van der Waals surface area contributed by atoms with E-state index in [9.17, 15) is 0 Å². The number of hydrogen-bond donors (Lipinski definition) is 2. The minimum Gasteiger partial charge on any atom is -0.339 e. The van der Waals surface area contributed by atoms with E-state index in [4.69, 9.17) is 14.3 Å². The molecule has 0 aliphatic carbocycles. The van der Waals surface area contributed by atoms with Crippen molar-refractivity contribution in [2.75, 3.05) is 18.1 Å². The van der Waals surface area contributed by atoms with Gasteiger partial charge in [0.15, 0.2) is 0 Å². The van der Waals surface area contributed by atoms with Gasteiger partial charge in [0.2, 0.25) is 0 Å². The van der Waals surface area contributed by atoms with E-state index in [1.807, 2.05) is 65.6 Å². The average Bonchev–Trinajstić information content (AvgIpc) is 2.44. The van der Waals surface area contributed by atoms with Gasteiger partial charge < -0.3 is 19.2 Å². The highest BCUT2D eigenvalue weighted by Crippen LogP contribution is 2.36. The van der Waals surface area contributed by atoms with Gasteiger partial charge in [0.1, 0.15) is 0 Å². The van der Waals surface area contributed by atoms with Crippen LogP contribution in [0.5, 0.6) is 0 Å². The van der Waals surface area contributed by atoms with Crippen LogP contribution < -0.4 is 4.90 Å². The Hall–Kier alpha value is -1.23. The molecule has 0 spiro atoms. The molecule has 20 heavy (non-hydrogen) atoms. The quantitative estimate of drug-likeness (QED) is 0.803. The van der Waals surface area contributed by atoms with E-state index >= 15 is 0 Å². The number of hydrogen-bond acceptors (Lipinski definition) is 3. The number of anilines is 2. The van der Waals surface area contributed by atoms with Crippen LogP contribution in [-0.2, 0) is 16.3 Å². The largest absolute Gasteiger partial charge is 0.339 e. The van der Waals surface area contributed by atoms with Gasteiger partial charge in [0.05, 0.1) is 6.61 Å². The summed E-state index contributed by atoms with van der Waals surface area (Å²) in [6.07, 6.45) is 0. The van der Waals surface area contributed by atoms with Gasteiger partial charge in [-0.15, -0.1) is 0 Å². The Morgan fingerprint density at radius 3 is 1.75 bits per heavy atom. The second-order valence-corrected chi connectivity index (χ2v) is 6.81. The zero-order chi connectivity index (χ0) is 14.4. The van der Waals surface area contributed by atoms with Crippen LogP contribution in [0.4, 0.5) is 11.4 Å². The van der Waals surface area contributed by atoms with Gasteiger partial charge in [-0.1, -0.05) is 36.4 Å². The molecule has 0 fully saturated rings. The Kier molecular flexibility index (Phi) is 5.29. The molecule has 2 aromatic carbocycles. The monoisotopic (exact) mass is 309 g/mol. The first-order valence-electron chi connectivity index (χ1n) is 6.14. The predicted molar refractivity (Wildman–Crippen MR) is 84.6 cm³/mol. The summed E-state index contributed by atoms with van der Waals surface area (Å²) in [6.45, 7) is -2.97. The first kappa shape index (κ1) is 15.2. The molecule has 0 aliphatic rings. The second kappa shape index (κ2) is 6.97. The smallest absolute Gasteiger partial charge is 0.321 e. The molecule has 0 aliphatic heterocycles. The number of para-hydroxylation sites is 2. The van der Waals surface area contributed by atoms with Crippen molar-refractivity contribution in [1.82, 2.24) is 0 Å². The molecule has 4 nitrogen and oxygen atoms in total. The first-order valence-corrected chi connectivity index (χ1v) is 8.76. The van der Waals surface area contributed by atoms with Crippen LogP contribution in [0.25, 0.3) is 0 Å². The van der Waals surface area contributed by atoms with Crippen LogP contribution in [0.3, 0.4) is 0 Å². The molecule has 0 amide bonds. The SMILES string of the molecule is OP(O)(=S)OCCN(c1ccccc1)c1ccccc1. The van der Waals surface area contributed by atoms with Gasteiger partial charge in [-0.3, -0.25) is 0 Å². The van der Waals surface area contributed by atoms with Crippen molar-refractivity contribution in [2.45, 2.75) is 0 Å². The lowest BCUT2D eigenvalue weighted by atomic mass is 10.2. The lowest BCUT2D eigenvalue weighted by Crippen LogP contribution is -2.21. The van der Waals surface area contributed by atoms with Crippen molar-refractivity contribution in [3.05, 3.63) is 60.7 Å². The van der Waals surface area contributed by atoms with Gasteiger partial charge >= 0.3 is 6.72 Å². The van der Waals surface area contributed by atoms with E-state index in [1.165, 1.54) is 0 Å². The lowest BCUT2D eigenvalue weighted by molar-refractivity contribution is 0.258. The van der Waals surface area contributed by atoms with Crippen molar-refractivity contribution in [3.8, 4) is 0 Å². The minimum absolute atomic E-state index is 0.147. The normalized spacial score (nSPS) is 11.3. The molecule has 106 valence electrons. The molecular weight excluding hydrogens is 293 g/mol. The van der Waals surface area contributed by atoms with E-state index in [0.29, 0.717) is 6.54 Å². The molecule has 0 bridgehead atoms. The third-order valence-electron chi connectivity index (χ3n) is 2.71. The van der Waals surface area contributed by atoms with Crippen LogP contribution in [0.15, 0.2) is 60.7 Å². The Balaban J connectivity index is 2.15. The molecule has 0 saturated carbocycles. The molecule has 0 saturated heterocycles. The molecule has 2 N–H and O–H groups in total. The highest BCUT2D eigenvalue weighted by atomic mass is 32.5. The first-order chi connectivity index (χ1) is 9.56. The summed E-state index contributed by atoms with van der Waals surface area (Å²) in [7, 11) is 0.